The molecule has 0 unspecified atom stereocenters. The third-order valence-electron chi connectivity index (χ3n) is 3.64. The fourth-order valence-electron chi connectivity index (χ4n) is 2.77. The minimum absolute atomic E-state index is 0.724. The van der Waals surface area contributed by atoms with Crippen molar-refractivity contribution >= 4 is 21.6 Å². The number of alkyl halides is 1. The van der Waals surface area contributed by atoms with Crippen molar-refractivity contribution in [3.8, 4) is 0 Å². The van der Waals surface area contributed by atoms with Gasteiger partial charge in [-0.15, -0.1) is 0 Å². The molecule has 0 bridgehead atoms. The van der Waals surface area contributed by atoms with E-state index >= 15 is 0 Å². The van der Waals surface area contributed by atoms with Gasteiger partial charge < -0.3 is 4.90 Å². The second-order valence-corrected chi connectivity index (χ2v) is 5.63. The van der Waals surface area contributed by atoms with Crippen molar-refractivity contribution in [2.75, 3.05) is 16.8 Å². The van der Waals surface area contributed by atoms with Gasteiger partial charge in [-0.25, -0.2) is 0 Å². The molecule has 1 aliphatic carbocycles. The Morgan fingerprint density at radius 1 is 1.35 bits per heavy atom. The Balaban J connectivity index is 2.18. The van der Waals surface area contributed by atoms with Gasteiger partial charge in [0.25, 0.3) is 0 Å². The van der Waals surface area contributed by atoms with Crippen LogP contribution in [0, 0.1) is 6.92 Å². The van der Waals surface area contributed by atoms with Crippen LogP contribution in [-0.2, 0) is 0 Å². The molecular weight excluding hydrogens is 276 g/mol. The first-order valence-corrected chi connectivity index (χ1v) is 7.68. The zero-order chi connectivity index (χ0) is 12.1. The molecule has 0 N–H and O–H groups in total. The van der Waals surface area contributed by atoms with E-state index in [1.54, 1.807) is 0 Å². The van der Waals surface area contributed by atoms with Gasteiger partial charge in [0, 0.05) is 36.0 Å². The van der Waals surface area contributed by atoms with Crippen LogP contribution in [0.5, 0.6) is 0 Å². The number of hydrogen-bond acceptors (Lipinski definition) is 2. The van der Waals surface area contributed by atoms with Gasteiger partial charge in [0.05, 0.1) is 0 Å². The molecule has 3 heteroatoms. The molecule has 1 fully saturated rings. The molecule has 0 saturated heterocycles. The van der Waals surface area contributed by atoms with Crippen LogP contribution in [0.15, 0.2) is 18.5 Å². The summed E-state index contributed by atoms with van der Waals surface area (Å²) in [7, 11) is 0. The van der Waals surface area contributed by atoms with E-state index in [-0.39, 0.29) is 0 Å². The number of hydrogen-bond donors (Lipinski definition) is 0. The zero-order valence-corrected chi connectivity index (χ0v) is 12.1. The Bertz CT molecular complexity index is 348. The standard InChI is InChI=1S/C14H21BrN2/c1-12-11-16-9-7-14(12)17(10-8-15)13-5-3-2-4-6-13/h7,9,11,13H,2-6,8,10H2,1H3. The lowest BCUT2D eigenvalue weighted by molar-refractivity contribution is 0.418. The van der Waals surface area contributed by atoms with E-state index in [0.29, 0.717) is 0 Å². The van der Waals surface area contributed by atoms with Crippen LogP contribution >= 0.6 is 15.9 Å². The van der Waals surface area contributed by atoms with Crippen LogP contribution in [-0.4, -0.2) is 22.9 Å². The van der Waals surface area contributed by atoms with E-state index < -0.39 is 0 Å². The lowest BCUT2D eigenvalue weighted by Crippen LogP contribution is -2.38. The van der Waals surface area contributed by atoms with E-state index in [1.807, 2.05) is 12.4 Å². The van der Waals surface area contributed by atoms with Gasteiger partial charge in [-0.3, -0.25) is 4.98 Å². The molecule has 1 heterocycles. The Hall–Kier alpha value is -0.570. The maximum atomic E-state index is 4.19. The van der Waals surface area contributed by atoms with Crippen LogP contribution in [0.2, 0.25) is 0 Å². The normalized spacial score (nSPS) is 17.1. The second-order valence-electron chi connectivity index (χ2n) is 4.84. The highest BCUT2D eigenvalue weighted by molar-refractivity contribution is 9.09. The van der Waals surface area contributed by atoms with Crippen LogP contribution < -0.4 is 4.90 Å². The molecule has 0 spiro atoms. The predicted molar refractivity (Wildman–Crippen MR) is 77.0 cm³/mol. The van der Waals surface area contributed by atoms with Gasteiger partial charge in [-0.1, -0.05) is 35.2 Å². The number of rotatable bonds is 4. The molecule has 1 aliphatic rings. The number of pyridine rings is 1. The number of aromatic nitrogens is 1. The summed E-state index contributed by atoms with van der Waals surface area (Å²) in [5.74, 6) is 0. The second kappa shape index (κ2) is 6.39. The summed E-state index contributed by atoms with van der Waals surface area (Å²) in [5.41, 5.74) is 2.66. The summed E-state index contributed by atoms with van der Waals surface area (Å²) in [6.07, 6.45) is 10.7. The molecule has 1 saturated carbocycles. The highest BCUT2D eigenvalue weighted by atomic mass is 79.9. The summed E-state index contributed by atoms with van der Waals surface area (Å²) in [6, 6.07) is 2.88. The van der Waals surface area contributed by atoms with Crippen LogP contribution in [0.25, 0.3) is 0 Å². The lowest BCUT2D eigenvalue weighted by atomic mass is 9.93. The molecule has 0 radical (unpaired) electrons. The van der Waals surface area contributed by atoms with Crippen LogP contribution in [0.3, 0.4) is 0 Å². The highest BCUT2D eigenvalue weighted by Crippen LogP contribution is 2.28. The maximum Gasteiger partial charge on any atom is 0.0429 e. The van der Waals surface area contributed by atoms with Gasteiger partial charge in [-0.2, -0.15) is 0 Å². The fourth-order valence-corrected chi connectivity index (χ4v) is 3.15. The lowest BCUT2D eigenvalue weighted by Gasteiger charge is -2.36. The minimum Gasteiger partial charge on any atom is -0.367 e. The first-order chi connectivity index (χ1) is 8.33. The SMILES string of the molecule is Cc1cnccc1N(CCBr)C1CCCCC1. The molecule has 17 heavy (non-hydrogen) atoms. The molecule has 2 nitrogen and oxygen atoms in total. The third-order valence-corrected chi connectivity index (χ3v) is 4.00. The predicted octanol–water partition coefficient (Wildman–Crippen LogP) is 3.92. The topological polar surface area (TPSA) is 16.1 Å². The minimum atomic E-state index is 0.724. The van der Waals surface area contributed by atoms with E-state index in [2.05, 4.69) is 38.8 Å². The molecular formula is C14H21BrN2. The Morgan fingerprint density at radius 2 is 2.12 bits per heavy atom. The Labute approximate surface area is 113 Å². The smallest absolute Gasteiger partial charge is 0.0429 e. The monoisotopic (exact) mass is 296 g/mol. The van der Waals surface area contributed by atoms with E-state index in [1.165, 1.54) is 43.4 Å². The van der Waals surface area contributed by atoms with E-state index in [0.717, 1.165) is 17.9 Å². The third kappa shape index (κ3) is 3.21. The number of anilines is 1. The zero-order valence-electron chi connectivity index (χ0n) is 10.5. The van der Waals surface area contributed by atoms with Crippen LogP contribution in [0.4, 0.5) is 5.69 Å². The molecule has 0 aromatic carbocycles. The summed E-state index contributed by atoms with van der Waals surface area (Å²) in [5, 5.41) is 1.03. The van der Waals surface area contributed by atoms with Crippen molar-refractivity contribution in [1.82, 2.24) is 4.98 Å². The summed E-state index contributed by atoms with van der Waals surface area (Å²) in [4.78, 5) is 6.77. The fraction of sp³-hybridized carbons (Fsp3) is 0.643. The molecule has 1 aromatic rings. The average molecular weight is 297 g/mol. The van der Waals surface area contributed by atoms with Crippen molar-refractivity contribution in [2.24, 2.45) is 0 Å². The van der Waals surface area contributed by atoms with E-state index in [9.17, 15) is 0 Å². The van der Waals surface area contributed by atoms with Crippen molar-refractivity contribution in [1.29, 1.82) is 0 Å². The highest BCUT2D eigenvalue weighted by Gasteiger charge is 2.21. The largest absolute Gasteiger partial charge is 0.367 e. The molecule has 94 valence electrons. The number of aryl methyl sites for hydroxylation is 1. The molecule has 0 atom stereocenters. The molecule has 0 aliphatic heterocycles. The van der Waals surface area contributed by atoms with Crippen molar-refractivity contribution < 1.29 is 0 Å². The summed E-state index contributed by atoms with van der Waals surface area (Å²) in [6.45, 7) is 3.25. The van der Waals surface area contributed by atoms with Gasteiger partial charge >= 0.3 is 0 Å². The number of halogens is 1. The van der Waals surface area contributed by atoms with Crippen molar-refractivity contribution in [3.05, 3.63) is 24.0 Å². The average Bonchev–Trinajstić information content (AvgIpc) is 2.38. The van der Waals surface area contributed by atoms with Gasteiger partial charge in [0.1, 0.15) is 0 Å². The Kier molecular flexibility index (Phi) is 4.84. The maximum absolute atomic E-state index is 4.19. The quantitative estimate of drug-likeness (QED) is 0.783. The molecule has 0 amide bonds. The van der Waals surface area contributed by atoms with Crippen molar-refractivity contribution in [2.45, 2.75) is 45.1 Å². The first kappa shape index (κ1) is 12.9. The van der Waals surface area contributed by atoms with Crippen LogP contribution in [0.1, 0.15) is 37.7 Å². The van der Waals surface area contributed by atoms with Gasteiger partial charge in [-0.05, 0) is 31.4 Å². The summed E-state index contributed by atoms with van der Waals surface area (Å²) < 4.78 is 0. The van der Waals surface area contributed by atoms with Gasteiger partial charge in [0.15, 0.2) is 0 Å². The van der Waals surface area contributed by atoms with Gasteiger partial charge in [0.2, 0.25) is 0 Å². The molecule has 1 aromatic heterocycles. The molecule has 2 rings (SSSR count). The number of nitrogens with zero attached hydrogens (tertiary/aromatic N) is 2. The van der Waals surface area contributed by atoms with E-state index in [4.69, 9.17) is 0 Å². The Morgan fingerprint density at radius 3 is 2.76 bits per heavy atom. The summed E-state index contributed by atoms with van der Waals surface area (Å²) >= 11 is 3.58. The van der Waals surface area contributed by atoms with Crippen molar-refractivity contribution in [3.63, 3.8) is 0 Å². The first-order valence-electron chi connectivity index (χ1n) is 6.56.